The molecule has 0 radical (unpaired) electrons. The molecule has 1 aliphatic heterocycles. The van der Waals surface area contributed by atoms with Crippen LogP contribution in [0, 0.1) is 0 Å². The molecule has 2 aliphatic rings. The maximum Gasteiger partial charge on any atom is 0.464 e. The van der Waals surface area contributed by atoms with Crippen LogP contribution in [0.3, 0.4) is 0 Å². The van der Waals surface area contributed by atoms with Gasteiger partial charge in [0.05, 0.1) is 0 Å². The molecule has 0 aromatic rings. The fourth-order valence-corrected chi connectivity index (χ4v) is 2.67. The van der Waals surface area contributed by atoms with Crippen molar-refractivity contribution >= 4 is 7.12 Å². The molecule has 1 saturated heterocycles. The van der Waals surface area contributed by atoms with Crippen LogP contribution in [0.5, 0.6) is 0 Å². The van der Waals surface area contributed by atoms with Crippen LogP contribution in [0.1, 0.15) is 52.9 Å². The van der Waals surface area contributed by atoms with E-state index < -0.39 is 11.4 Å². The summed E-state index contributed by atoms with van der Waals surface area (Å²) in [7, 11) is -0.368. The molecule has 3 N–H and O–H groups in total. The molecule has 3 unspecified atom stereocenters. The Labute approximate surface area is 104 Å². The molecule has 0 aromatic heterocycles. The van der Waals surface area contributed by atoms with E-state index in [2.05, 4.69) is 0 Å². The highest BCUT2D eigenvalue weighted by Crippen LogP contribution is 2.42. The van der Waals surface area contributed by atoms with Crippen molar-refractivity contribution in [2.45, 2.75) is 76.1 Å². The van der Waals surface area contributed by atoms with E-state index in [-0.39, 0.29) is 19.0 Å². The molecule has 17 heavy (non-hydrogen) atoms. The van der Waals surface area contributed by atoms with Crippen molar-refractivity contribution in [1.29, 1.82) is 0 Å². The fraction of sp³-hybridized carbons (Fsp3) is 1.00. The van der Waals surface area contributed by atoms with E-state index in [1.54, 1.807) is 6.92 Å². The molecule has 0 spiro atoms. The zero-order chi connectivity index (χ0) is 12.7. The van der Waals surface area contributed by atoms with Gasteiger partial charge in [0.15, 0.2) is 5.79 Å². The Morgan fingerprint density at radius 3 is 2.35 bits per heavy atom. The molecule has 2 fully saturated rings. The van der Waals surface area contributed by atoms with Crippen molar-refractivity contribution in [2.24, 2.45) is 5.73 Å². The van der Waals surface area contributed by atoms with Crippen LogP contribution in [0.15, 0.2) is 0 Å². The molecule has 0 bridgehead atoms. The van der Waals surface area contributed by atoms with Crippen molar-refractivity contribution in [1.82, 2.24) is 0 Å². The summed E-state index contributed by atoms with van der Waals surface area (Å²) in [6, 6.07) is 0.118. The zero-order valence-electron chi connectivity index (χ0n) is 11.1. The Bertz CT molecular complexity index is 267. The van der Waals surface area contributed by atoms with Gasteiger partial charge >= 0.3 is 7.12 Å². The van der Waals surface area contributed by atoms with E-state index in [4.69, 9.17) is 15.0 Å². The molecule has 4 nitrogen and oxygen atoms in total. The molecule has 0 aromatic carbocycles. The van der Waals surface area contributed by atoms with Gasteiger partial charge in [-0.05, 0) is 27.2 Å². The standard InChI is InChI=1S/C12H24BNO3/c1-11(2)12(3,15)17-13(16-11)9-7-5-4-6-8-10(9)14/h9-10,15H,4-8,14H2,1-3H3. The van der Waals surface area contributed by atoms with E-state index in [1.807, 2.05) is 13.8 Å². The van der Waals surface area contributed by atoms with Gasteiger partial charge in [-0.3, -0.25) is 0 Å². The lowest BCUT2D eigenvalue weighted by molar-refractivity contribution is -0.176. The summed E-state index contributed by atoms with van der Waals surface area (Å²) in [6.07, 6.45) is 5.64. The van der Waals surface area contributed by atoms with Crippen LogP contribution in [0.2, 0.25) is 5.82 Å². The highest BCUT2D eigenvalue weighted by molar-refractivity contribution is 6.47. The van der Waals surface area contributed by atoms with Crippen LogP contribution >= 0.6 is 0 Å². The van der Waals surface area contributed by atoms with Crippen LogP contribution in [0.25, 0.3) is 0 Å². The third-order valence-corrected chi connectivity index (χ3v) is 4.35. The van der Waals surface area contributed by atoms with Gasteiger partial charge in [0.2, 0.25) is 0 Å². The van der Waals surface area contributed by atoms with Crippen molar-refractivity contribution < 1.29 is 14.4 Å². The Kier molecular flexibility index (Phi) is 3.56. The predicted octanol–water partition coefficient (Wildman–Crippen LogP) is 1.67. The SMILES string of the molecule is CC1(C)OB(C2CCCCCC2N)OC1(C)O. The van der Waals surface area contributed by atoms with Gasteiger partial charge in [-0.25, -0.2) is 0 Å². The van der Waals surface area contributed by atoms with E-state index in [0.717, 1.165) is 12.8 Å². The number of hydrogen-bond donors (Lipinski definition) is 2. The first-order valence-corrected chi connectivity index (χ1v) is 6.67. The third kappa shape index (κ3) is 2.52. The van der Waals surface area contributed by atoms with Gasteiger partial charge in [0, 0.05) is 11.9 Å². The second-order valence-corrected chi connectivity index (χ2v) is 6.06. The number of aliphatic hydroxyl groups is 1. The highest BCUT2D eigenvalue weighted by Gasteiger charge is 2.56. The Hall–Kier alpha value is -0.0951. The van der Waals surface area contributed by atoms with Gasteiger partial charge in [0.25, 0.3) is 0 Å². The third-order valence-electron chi connectivity index (χ3n) is 4.35. The van der Waals surface area contributed by atoms with Gasteiger partial charge in [-0.1, -0.05) is 25.7 Å². The highest BCUT2D eigenvalue weighted by atomic mass is 16.7. The summed E-state index contributed by atoms with van der Waals surface area (Å²) >= 11 is 0. The Balaban J connectivity index is 2.08. The van der Waals surface area contributed by atoms with Crippen molar-refractivity contribution in [3.63, 3.8) is 0 Å². The average Bonchev–Trinajstić information content (AvgIpc) is 2.39. The number of nitrogens with two attached hydrogens (primary N) is 1. The molecule has 2 rings (SSSR count). The Morgan fingerprint density at radius 1 is 1.12 bits per heavy atom. The van der Waals surface area contributed by atoms with Crippen LogP contribution in [-0.2, 0) is 9.31 Å². The van der Waals surface area contributed by atoms with Gasteiger partial charge < -0.3 is 20.1 Å². The molecular weight excluding hydrogens is 217 g/mol. The maximum absolute atomic E-state index is 10.2. The van der Waals surface area contributed by atoms with Gasteiger partial charge in [0.1, 0.15) is 5.60 Å². The van der Waals surface area contributed by atoms with Crippen molar-refractivity contribution in [2.75, 3.05) is 0 Å². The van der Waals surface area contributed by atoms with Crippen LogP contribution in [-0.4, -0.2) is 29.7 Å². The summed E-state index contributed by atoms with van der Waals surface area (Å²) in [5, 5.41) is 10.2. The van der Waals surface area contributed by atoms with Crippen molar-refractivity contribution in [3.8, 4) is 0 Å². The Morgan fingerprint density at radius 2 is 1.76 bits per heavy atom. The molecule has 0 amide bonds. The second kappa shape index (κ2) is 4.54. The lowest BCUT2D eigenvalue weighted by Crippen LogP contribution is -2.44. The van der Waals surface area contributed by atoms with Crippen LogP contribution in [0.4, 0.5) is 0 Å². The lowest BCUT2D eigenvalue weighted by atomic mass is 9.65. The van der Waals surface area contributed by atoms with E-state index in [0.29, 0.717) is 0 Å². The van der Waals surface area contributed by atoms with E-state index in [1.165, 1.54) is 19.3 Å². The smallest absolute Gasteiger partial charge is 0.400 e. The second-order valence-electron chi connectivity index (χ2n) is 6.06. The first kappa shape index (κ1) is 13.3. The predicted molar refractivity (Wildman–Crippen MR) is 67.4 cm³/mol. The molecular formula is C12H24BNO3. The van der Waals surface area contributed by atoms with E-state index >= 15 is 0 Å². The van der Waals surface area contributed by atoms with E-state index in [9.17, 15) is 5.11 Å². The quantitative estimate of drug-likeness (QED) is 0.541. The minimum Gasteiger partial charge on any atom is -0.400 e. The molecule has 98 valence electrons. The van der Waals surface area contributed by atoms with Crippen molar-refractivity contribution in [3.05, 3.63) is 0 Å². The van der Waals surface area contributed by atoms with Gasteiger partial charge in [-0.15, -0.1) is 0 Å². The minimum absolute atomic E-state index is 0.118. The summed E-state index contributed by atoms with van der Waals surface area (Å²) < 4.78 is 11.6. The molecule has 1 saturated carbocycles. The summed E-state index contributed by atoms with van der Waals surface area (Å²) in [4.78, 5) is 0. The monoisotopic (exact) mass is 241 g/mol. The summed E-state index contributed by atoms with van der Waals surface area (Å²) in [5.41, 5.74) is 5.52. The first-order valence-electron chi connectivity index (χ1n) is 6.67. The summed E-state index contributed by atoms with van der Waals surface area (Å²) in [5.74, 6) is -1.03. The number of rotatable bonds is 1. The van der Waals surface area contributed by atoms with Crippen LogP contribution < -0.4 is 5.73 Å². The molecule has 1 heterocycles. The lowest BCUT2D eigenvalue weighted by Gasteiger charge is -2.30. The normalized spacial score (nSPS) is 42.5. The largest absolute Gasteiger partial charge is 0.464 e. The molecule has 5 heteroatoms. The fourth-order valence-electron chi connectivity index (χ4n) is 2.67. The summed E-state index contributed by atoms with van der Waals surface area (Å²) in [6.45, 7) is 5.37. The average molecular weight is 241 g/mol. The zero-order valence-corrected chi connectivity index (χ0v) is 11.1. The maximum atomic E-state index is 10.2. The number of hydrogen-bond acceptors (Lipinski definition) is 4. The van der Waals surface area contributed by atoms with Gasteiger partial charge in [-0.2, -0.15) is 0 Å². The topological polar surface area (TPSA) is 64.7 Å². The molecule has 3 atom stereocenters. The first-order chi connectivity index (χ1) is 7.83. The minimum atomic E-state index is -1.23. The molecule has 1 aliphatic carbocycles.